The highest BCUT2D eigenvalue weighted by atomic mass is 16.5. The molecule has 0 bridgehead atoms. The number of carboxylic acids is 1. The van der Waals surface area contributed by atoms with Crippen LogP contribution in [0.3, 0.4) is 0 Å². The molecular formula is C11H12O4. The fourth-order valence-electron chi connectivity index (χ4n) is 1.13. The Morgan fingerprint density at radius 2 is 1.73 bits per heavy atom. The van der Waals surface area contributed by atoms with Crippen LogP contribution >= 0.6 is 0 Å². The van der Waals surface area contributed by atoms with Crippen LogP contribution < -0.4 is 0 Å². The Labute approximate surface area is 87.5 Å². The van der Waals surface area contributed by atoms with Crippen molar-refractivity contribution in [3.05, 3.63) is 35.4 Å². The first kappa shape index (κ1) is 11.2. The van der Waals surface area contributed by atoms with E-state index in [2.05, 4.69) is 0 Å². The molecule has 1 rings (SSSR count). The topological polar surface area (TPSA) is 63.6 Å². The Morgan fingerprint density at radius 3 is 2.20 bits per heavy atom. The van der Waals surface area contributed by atoms with Gasteiger partial charge in [0.25, 0.3) is 0 Å². The van der Waals surface area contributed by atoms with Gasteiger partial charge >= 0.3 is 11.9 Å². The van der Waals surface area contributed by atoms with Gasteiger partial charge in [-0.1, -0.05) is 12.1 Å². The first-order valence-corrected chi connectivity index (χ1v) is 4.55. The predicted octanol–water partition coefficient (Wildman–Crippen LogP) is 1.95. The van der Waals surface area contributed by atoms with Crippen LogP contribution in [0, 0.1) is 0 Å². The summed E-state index contributed by atoms with van der Waals surface area (Å²) in [4.78, 5) is 22.3. The summed E-state index contributed by atoms with van der Waals surface area (Å²) in [5.41, 5.74) is 0.0434. The van der Waals surface area contributed by atoms with Crippen LogP contribution in [0.5, 0.6) is 0 Å². The molecule has 4 nitrogen and oxygen atoms in total. The first-order chi connectivity index (χ1) is 7.02. The summed E-state index contributed by atoms with van der Waals surface area (Å²) in [7, 11) is 0. The second-order valence-electron chi connectivity index (χ2n) is 3.30. The average molecular weight is 208 g/mol. The number of benzene rings is 1. The minimum Gasteiger partial charge on any atom is -0.478 e. The van der Waals surface area contributed by atoms with E-state index in [1.165, 1.54) is 12.1 Å². The molecule has 0 heterocycles. The molecule has 0 spiro atoms. The molecule has 0 atom stereocenters. The van der Waals surface area contributed by atoms with E-state index in [1.54, 1.807) is 26.0 Å². The van der Waals surface area contributed by atoms with Gasteiger partial charge in [0.1, 0.15) is 0 Å². The molecule has 0 aliphatic heterocycles. The molecule has 0 amide bonds. The summed E-state index contributed by atoms with van der Waals surface area (Å²) in [6, 6.07) is 5.98. The van der Waals surface area contributed by atoms with Crippen molar-refractivity contribution >= 4 is 11.9 Å². The van der Waals surface area contributed by atoms with Gasteiger partial charge in [0.05, 0.1) is 17.2 Å². The third-order valence-corrected chi connectivity index (χ3v) is 1.72. The van der Waals surface area contributed by atoms with Crippen LogP contribution in [0.25, 0.3) is 0 Å². The number of carboxylic acid groups (broad SMARTS) is 1. The lowest BCUT2D eigenvalue weighted by Gasteiger charge is -2.09. The van der Waals surface area contributed by atoms with Gasteiger partial charge in [-0.2, -0.15) is 0 Å². The summed E-state index contributed by atoms with van der Waals surface area (Å²) in [6.45, 7) is 3.42. The summed E-state index contributed by atoms with van der Waals surface area (Å²) >= 11 is 0. The van der Waals surface area contributed by atoms with E-state index in [1.807, 2.05) is 0 Å². The van der Waals surface area contributed by atoms with Crippen molar-refractivity contribution in [2.24, 2.45) is 0 Å². The van der Waals surface area contributed by atoms with Crippen molar-refractivity contribution in [3.63, 3.8) is 0 Å². The maximum atomic E-state index is 11.5. The lowest BCUT2D eigenvalue weighted by molar-refractivity contribution is 0.0371. The molecular weight excluding hydrogens is 196 g/mol. The fourth-order valence-corrected chi connectivity index (χ4v) is 1.13. The highest BCUT2D eigenvalue weighted by Crippen LogP contribution is 2.11. The molecule has 80 valence electrons. The number of esters is 1. The summed E-state index contributed by atoms with van der Waals surface area (Å²) < 4.78 is 4.92. The quantitative estimate of drug-likeness (QED) is 0.771. The Balaban J connectivity index is 3.03. The molecule has 0 saturated carbocycles. The zero-order valence-corrected chi connectivity index (χ0v) is 8.56. The largest absolute Gasteiger partial charge is 0.478 e. The molecule has 0 unspecified atom stereocenters. The molecule has 0 aliphatic rings. The smallest absolute Gasteiger partial charge is 0.339 e. The monoisotopic (exact) mass is 208 g/mol. The van der Waals surface area contributed by atoms with Crippen molar-refractivity contribution in [2.75, 3.05) is 0 Å². The van der Waals surface area contributed by atoms with Crippen molar-refractivity contribution < 1.29 is 19.4 Å². The molecule has 1 aromatic rings. The minimum atomic E-state index is -1.13. The van der Waals surface area contributed by atoms with E-state index < -0.39 is 11.9 Å². The highest BCUT2D eigenvalue weighted by molar-refractivity contribution is 6.02. The van der Waals surface area contributed by atoms with Crippen molar-refractivity contribution in [1.82, 2.24) is 0 Å². The molecule has 0 aliphatic carbocycles. The molecule has 0 saturated heterocycles. The summed E-state index contributed by atoms with van der Waals surface area (Å²) in [5, 5.41) is 8.84. The van der Waals surface area contributed by atoms with Gasteiger partial charge in [-0.15, -0.1) is 0 Å². The Hall–Kier alpha value is -1.84. The van der Waals surface area contributed by atoms with Crippen LogP contribution in [-0.4, -0.2) is 23.1 Å². The van der Waals surface area contributed by atoms with Crippen LogP contribution in [0.1, 0.15) is 34.6 Å². The van der Waals surface area contributed by atoms with E-state index in [0.29, 0.717) is 0 Å². The van der Waals surface area contributed by atoms with Gasteiger partial charge in [-0.3, -0.25) is 0 Å². The van der Waals surface area contributed by atoms with Crippen molar-refractivity contribution in [2.45, 2.75) is 20.0 Å². The molecule has 15 heavy (non-hydrogen) atoms. The number of ether oxygens (including phenoxy) is 1. The molecule has 1 N–H and O–H groups in total. The number of carbonyl (C=O) groups is 2. The van der Waals surface area contributed by atoms with Gasteiger partial charge in [0, 0.05) is 0 Å². The zero-order chi connectivity index (χ0) is 11.4. The number of aromatic carboxylic acids is 1. The average Bonchev–Trinajstić information content (AvgIpc) is 2.16. The molecule has 0 radical (unpaired) electrons. The number of hydrogen-bond acceptors (Lipinski definition) is 3. The zero-order valence-electron chi connectivity index (χ0n) is 8.56. The molecule has 4 heteroatoms. The van der Waals surface area contributed by atoms with Crippen LogP contribution in [-0.2, 0) is 4.74 Å². The second kappa shape index (κ2) is 4.59. The molecule has 0 fully saturated rings. The lowest BCUT2D eigenvalue weighted by Crippen LogP contribution is -2.15. The normalized spacial score (nSPS) is 10.1. The third kappa shape index (κ3) is 2.80. The maximum absolute atomic E-state index is 11.5. The summed E-state index contributed by atoms with van der Waals surface area (Å²) in [5.74, 6) is -1.74. The van der Waals surface area contributed by atoms with Gasteiger partial charge in [0.15, 0.2) is 0 Å². The second-order valence-corrected chi connectivity index (χ2v) is 3.30. The fraction of sp³-hybridized carbons (Fsp3) is 0.273. The van der Waals surface area contributed by atoms with E-state index in [-0.39, 0.29) is 17.2 Å². The maximum Gasteiger partial charge on any atom is 0.339 e. The van der Waals surface area contributed by atoms with Crippen LogP contribution in [0.15, 0.2) is 24.3 Å². The number of carbonyl (C=O) groups excluding carboxylic acids is 1. The molecule has 0 aromatic heterocycles. The van der Waals surface area contributed by atoms with Crippen molar-refractivity contribution in [3.8, 4) is 0 Å². The van der Waals surface area contributed by atoms with E-state index >= 15 is 0 Å². The Bertz CT molecular complexity index is 382. The first-order valence-electron chi connectivity index (χ1n) is 4.55. The Morgan fingerprint density at radius 1 is 1.20 bits per heavy atom. The standard InChI is InChI=1S/C11H12O4/c1-7(2)15-11(14)9-6-4-3-5-8(9)10(12)13/h3-7H,1-2H3,(H,12,13). The van der Waals surface area contributed by atoms with Gasteiger partial charge < -0.3 is 9.84 Å². The Kier molecular flexibility index (Phi) is 3.44. The van der Waals surface area contributed by atoms with E-state index in [9.17, 15) is 9.59 Å². The van der Waals surface area contributed by atoms with E-state index in [0.717, 1.165) is 0 Å². The van der Waals surface area contributed by atoms with Crippen LogP contribution in [0.2, 0.25) is 0 Å². The molecule has 1 aromatic carbocycles. The summed E-state index contributed by atoms with van der Waals surface area (Å²) in [6.07, 6.45) is -0.264. The van der Waals surface area contributed by atoms with E-state index in [4.69, 9.17) is 9.84 Å². The van der Waals surface area contributed by atoms with Crippen molar-refractivity contribution in [1.29, 1.82) is 0 Å². The number of rotatable bonds is 3. The van der Waals surface area contributed by atoms with Gasteiger partial charge in [-0.25, -0.2) is 9.59 Å². The SMILES string of the molecule is CC(C)OC(=O)c1ccccc1C(=O)O. The predicted molar refractivity (Wildman–Crippen MR) is 54.0 cm³/mol. The van der Waals surface area contributed by atoms with Gasteiger partial charge in [-0.05, 0) is 26.0 Å². The van der Waals surface area contributed by atoms with Crippen LogP contribution in [0.4, 0.5) is 0 Å². The minimum absolute atomic E-state index is 0.0387. The third-order valence-electron chi connectivity index (χ3n) is 1.72. The lowest BCUT2D eigenvalue weighted by atomic mass is 10.1. The van der Waals surface area contributed by atoms with Gasteiger partial charge in [0.2, 0.25) is 0 Å². The number of hydrogen-bond donors (Lipinski definition) is 1. The highest BCUT2D eigenvalue weighted by Gasteiger charge is 2.17.